The van der Waals surface area contributed by atoms with Crippen LogP contribution >= 0.6 is 0 Å². The maximum absolute atomic E-state index is 12.5. The molecule has 0 radical (unpaired) electrons. The van der Waals surface area contributed by atoms with Gasteiger partial charge in [0.1, 0.15) is 0 Å². The van der Waals surface area contributed by atoms with E-state index >= 15 is 0 Å². The summed E-state index contributed by atoms with van der Waals surface area (Å²) in [5.74, 6) is 0.489. The van der Waals surface area contributed by atoms with Gasteiger partial charge in [-0.1, -0.05) is 6.92 Å². The molecule has 2 heterocycles. The number of rotatable bonds is 3. The first-order valence-corrected chi connectivity index (χ1v) is 8.36. The molecule has 1 atom stereocenters. The van der Waals surface area contributed by atoms with Crippen LogP contribution < -0.4 is 5.32 Å². The summed E-state index contributed by atoms with van der Waals surface area (Å²) in [4.78, 5) is 0. The van der Waals surface area contributed by atoms with Crippen LogP contribution in [0.5, 0.6) is 0 Å². The number of hydrogen-bond acceptors (Lipinski definition) is 3. The van der Waals surface area contributed by atoms with Crippen molar-refractivity contribution < 1.29 is 8.42 Å². The molecule has 2 fully saturated rings. The van der Waals surface area contributed by atoms with Crippen LogP contribution in [-0.4, -0.2) is 56.3 Å². The number of nitrogens with one attached hydrogen (secondary N) is 1. The van der Waals surface area contributed by atoms with E-state index in [2.05, 4.69) is 12.2 Å². The van der Waals surface area contributed by atoms with Gasteiger partial charge in [0.05, 0.1) is 0 Å². The topological polar surface area (TPSA) is 52.7 Å². The van der Waals surface area contributed by atoms with E-state index in [1.54, 1.807) is 8.61 Å². The van der Waals surface area contributed by atoms with E-state index in [1.807, 2.05) is 7.05 Å². The molecule has 0 spiro atoms. The van der Waals surface area contributed by atoms with Crippen LogP contribution in [0.25, 0.3) is 0 Å². The van der Waals surface area contributed by atoms with Gasteiger partial charge in [0.15, 0.2) is 0 Å². The highest BCUT2D eigenvalue weighted by molar-refractivity contribution is 7.86. The quantitative estimate of drug-likeness (QED) is 0.823. The van der Waals surface area contributed by atoms with E-state index < -0.39 is 10.2 Å². The number of piperidine rings is 2. The van der Waals surface area contributed by atoms with Gasteiger partial charge in [0.25, 0.3) is 10.2 Å². The molecule has 1 unspecified atom stereocenters. The smallest absolute Gasteiger partial charge is 0.281 e. The first-order chi connectivity index (χ1) is 8.54. The van der Waals surface area contributed by atoms with Gasteiger partial charge >= 0.3 is 0 Å². The average Bonchev–Trinajstić information content (AvgIpc) is 2.39. The highest BCUT2D eigenvalue weighted by Gasteiger charge is 2.34. The Kier molecular flexibility index (Phi) is 4.64. The Morgan fingerprint density at radius 1 is 1.06 bits per heavy atom. The monoisotopic (exact) mass is 275 g/mol. The lowest BCUT2D eigenvalue weighted by Gasteiger charge is -2.37. The maximum atomic E-state index is 12.5. The van der Waals surface area contributed by atoms with Gasteiger partial charge in [-0.05, 0) is 38.6 Å². The largest absolute Gasteiger partial charge is 0.317 e. The second-order valence-electron chi connectivity index (χ2n) is 5.58. The first kappa shape index (κ1) is 14.2. The van der Waals surface area contributed by atoms with Crippen molar-refractivity contribution in [3.63, 3.8) is 0 Å². The molecule has 18 heavy (non-hydrogen) atoms. The summed E-state index contributed by atoms with van der Waals surface area (Å²) >= 11 is 0. The summed E-state index contributed by atoms with van der Waals surface area (Å²) in [6.07, 6.45) is 3.97. The summed E-state index contributed by atoms with van der Waals surface area (Å²) < 4.78 is 28.4. The lowest BCUT2D eigenvalue weighted by molar-refractivity contribution is 0.237. The zero-order valence-electron chi connectivity index (χ0n) is 11.4. The van der Waals surface area contributed by atoms with Crippen molar-refractivity contribution in [2.24, 2.45) is 5.92 Å². The third-order valence-corrected chi connectivity index (χ3v) is 6.14. The lowest BCUT2D eigenvalue weighted by Crippen LogP contribution is -2.51. The van der Waals surface area contributed by atoms with Crippen molar-refractivity contribution in [3.8, 4) is 0 Å². The normalized spacial score (nSPS) is 29.6. The van der Waals surface area contributed by atoms with Gasteiger partial charge in [0, 0.05) is 32.2 Å². The SMILES string of the molecule is CNC1CCN(S(=O)(=O)N2CCCC(C)C2)CC1. The molecule has 0 aromatic heterocycles. The lowest BCUT2D eigenvalue weighted by atomic mass is 10.0. The fourth-order valence-electron chi connectivity index (χ4n) is 2.89. The third kappa shape index (κ3) is 3.04. The highest BCUT2D eigenvalue weighted by atomic mass is 32.2. The molecule has 0 aliphatic carbocycles. The van der Waals surface area contributed by atoms with Gasteiger partial charge < -0.3 is 5.32 Å². The summed E-state index contributed by atoms with van der Waals surface area (Å²) in [7, 11) is -1.27. The molecule has 0 amide bonds. The van der Waals surface area contributed by atoms with E-state index in [0.717, 1.165) is 25.7 Å². The Morgan fingerprint density at radius 3 is 2.28 bits per heavy atom. The standard InChI is InChI=1S/C12H25N3O2S/c1-11-4-3-7-15(10-11)18(16,17)14-8-5-12(13-2)6-9-14/h11-13H,3-10H2,1-2H3. The molecule has 2 aliphatic heterocycles. The second kappa shape index (κ2) is 5.86. The van der Waals surface area contributed by atoms with Crippen LogP contribution in [0.3, 0.4) is 0 Å². The molecular formula is C12H25N3O2S. The Morgan fingerprint density at radius 2 is 1.72 bits per heavy atom. The number of hydrogen-bond donors (Lipinski definition) is 1. The first-order valence-electron chi connectivity index (χ1n) is 6.96. The fraction of sp³-hybridized carbons (Fsp3) is 1.00. The van der Waals surface area contributed by atoms with Crippen molar-refractivity contribution in [2.45, 2.75) is 38.6 Å². The number of nitrogens with zero attached hydrogens (tertiary/aromatic N) is 2. The molecule has 0 saturated carbocycles. The van der Waals surface area contributed by atoms with E-state index in [4.69, 9.17) is 0 Å². The highest BCUT2D eigenvalue weighted by Crippen LogP contribution is 2.22. The van der Waals surface area contributed by atoms with E-state index in [0.29, 0.717) is 38.1 Å². The van der Waals surface area contributed by atoms with Gasteiger partial charge in [-0.3, -0.25) is 0 Å². The Bertz CT molecular complexity index is 364. The Balaban J connectivity index is 1.98. The van der Waals surface area contributed by atoms with Gasteiger partial charge in [-0.25, -0.2) is 0 Å². The van der Waals surface area contributed by atoms with Crippen molar-refractivity contribution in [1.82, 2.24) is 13.9 Å². The van der Waals surface area contributed by atoms with Crippen molar-refractivity contribution in [1.29, 1.82) is 0 Å². The minimum atomic E-state index is -3.21. The van der Waals surface area contributed by atoms with Crippen LogP contribution in [0.2, 0.25) is 0 Å². The fourth-order valence-corrected chi connectivity index (χ4v) is 4.70. The average molecular weight is 275 g/mol. The summed E-state index contributed by atoms with van der Waals surface area (Å²) in [5.41, 5.74) is 0. The summed E-state index contributed by atoms with van der Waals surface area (Å²) in [6.45, 7) is 4.82. The molecule has 6 heteroatoms. The maximum Gasteiger partial charge on any atom is 0.281 e. The van der Waals surface area contributed by atoms with Gasteiger partial charge in [0.2, 0.25) is 0 Å². The van der Waals surface area contributed by atoms with Crippen LogP contribution in [0.15, 0.2) is 0 Å². The molecule has 2 aliphatic rings. The van der Waals surface area contributed by atoms with E-state index in [1.165, 1.54) is 0 Å². The molecule has 106 valence electrons. The summed E-state index contributed by atoms with van der Waals surface area (Å²) in [5, 5.41) is 3.23. The Labute approximate surface area is 111 Å². The molecule has 2 rings (SSSR count). The van der Waals surface area contributed by atoms with E-state index in [9.17, 15) is 8.42 Å². The van der Waals surface area contributed by atoms with E-state index in [-0.39, 0.29) is 0 Å². The second-order valence-corrected chi connectivity index (χ2v) is 7.50. The molecule has 0 bridgehead atoms. The minimum Gasteiger partial charge on any atom is -0.317 e. The zero-order valence-corrected chi connectivity index (χ0v) is 12.2. The molecule has 0 aromatic rings. The predicted octanol–water partition coefficient (Wildman–Crippen LogP) is 0.647. The van der Waals surface area contributed by atoms with Crippen LogP contribution in [-0.2, 0) is 10.2 Å². The molecule has 2 saturated heterocycles. The molecular weight excluding hydrogens is 250 g/mol. The molecule has 5 nitrogen and oxygen atoms in total. The van der Waals surface area contributed by atoms with Crippen molar-refractivity contribution in [2.75, 3.05) is 33.2 Å². The van der Waals surface area contributed by atoms with Gasteiger partial charge in [-0.2, -0.15) is 17.0 Å². The van der Waals surface area contributed by atoms with Crippen molar-refractivity contribution in [3.05, 3.63) is 0 Å². The minimum absolute atomic E-state index is 0.469. The van der Waals surface area contributed by atoms with Crippen LogP contribution in [0.1, 0.15) is 32.6 Å². The third-order valence-electron chi connectivity index (χ3n) is 4.13. The van der Waals surface area contributed by atoms with Crippen LogP contribution in [0, 0.1) is 5.92 Å². The molecule has 1 N–H and O–H groups in total. The predicted molar refractivity (Wildman–Crippen MR) is 72.5 cm³/mol. The molecule has 0 aromatic carbocycles. The van der Waals surface area contributed by atoms with Crippen molar-refractivity contribution >= 4 is 10.2 Å². The van der Waals surface area contributed by atoms with Crippen LogP contribution in [0.4, 0.5) is 0 Å². The summed E-state index contributed by atoms with van der Waals surface area (Å²) in [6, 6.07) is 0.469. The van der Waals surface area contributed by atoms with Gasteiger partial charge in [-0.15, -0.1) is 0 Å². The zero-order chi connectivity index (χ0) is 13.2. The Hall–Kier alpha value is -0.170.